The Hall–Kier alpha value is -4.09. The molecule has 3 amide bonds. The average molecular weight is 429 g/mol. The van der Waals surface area contributed by atoms with E-state index >= 15 is 0 Å². The molecule has 0 bridgehead atoms. The lowest BCUT2D eigenvalue weighted by Crippen LogP contribution is -2.43. The molecule has 0 aliphatic carbocycles. The Morgan fingerprint density at radius 3 is 2.68 bits per heavy atom. The maximum Gasteiger partial charge on any atom is 0.263 e. The van der Waals surface area contributed by atoms with Crippen LogP contribution < -0.4 is 19.7 Å². The summed E-state index contributed by atoms with van der Waals surface area (Å²) in [4.78, 5) is 38.6. The molecule has 1 saturated heterocycles. The lowest BCUT2D eigenvalue weighted by atomic mass is 10.1. The van der Waals surface area contributed by atoms with E-state index in [0.29, 0.717) is 17.2 Å². The van der Waals surface area contributed by atoms with Gasteiger partial charge in [-0.05, 0) is 24.3 Å². The lowest BCUT2D eigenvalue weighted by Gasteiger charge is -2.20. The van der Waals surface area contributed by atoms with Crippen molar-refractivity contribution in [3.05, 3.63) is 48.0 Å². The normalized spacial score (nSPS) is 21.1. The van der Waals surface area contributed by atoms with Crippen molar-refractivity contribution in [3.8, 4) is 11.5 Å². The smallest absolute Gasteiger partial charge is 0.263 e. The van der Waals surface area contributed by atoms with Crippen LogP contribution in [0.25, 0.3) is 0 Å². The molecule has 3 heterocycles. The van der Waals surface area contributed by atoms with Gasteiger partial charge < -0.3 is 14.8 Å². The minimum Gasteiger partial charge on any atom is -0.454 e. The topological polar surface area (TPSA) is 113 Å². The van der Waals surface area contributed by atoms with Crippen LogP contribution in [0.5, 0.6) is 11.5 Å². The molecular weight excluding hydrogens is 416 g/mol. The molecule has 0 unspecified atom stereocenters. The summed E-state index contributed by atoms with van der Waals surface area (Å²) in [5, 5.41) is 11.3. The second kappa shape index (κ2) is 7.00. The number of nitrogens with one attached hydrogen (secondary N) is 1. The van der Waals surface area contributed by atoms with E-state index in [4.69, 9.17) is 9.47 Å². The third-order valence-electron chi connectivity index (χ3n) is 4.98. The molecule has 0 spiro atoms. The number of rotatable bonds is 4. The predicted molar refractivity (Wildman–Crippen MR) is 99.2 cm³/mol. The van der Waals surface area contributed by atoms with E-state index in [1.54, 1.807) is 18.2 Å². The Balaban J connectivity index is 1.30. The first-order valence-corrected chi connectivity index (χ1v) is 9.12. The van der Waals surface area contributed by atoms with Crippen molar-refractivity contribution in [2.24, 2.45) is 10.3 Å². The van der Waals surface area contributed by atoms with Crippen LogP contribution >= 0.6 is 0 Å². The fraction of sp³-hybridized carbons (Fsp3) is 0.211. The third kappa shape index (κ3) is 3.12. The number of carbonyl (C=O) groups excluding carboxylic acids is 3. The van der Waals surface area contributed by atoms with Gasteiger partial charge in [-0.3, -0.25) is 19.4 Å². The number of nitrogens with zero attached hydrogens (tertiary/aromatic N) is 4. The number of ether oxygens (including phenoxy) is 2. The van der Waals surface area contributed by atoms with Crippen LogP contribution in [-0.4, -0.2) is 48.2 Å². The third-order valence-corrected chi connectivity index (χ3v) is 4.98. The zero-order valence-corrected chi connectivity index (χ0v) is 15.6. The number of halogens is 2. The second-order valence-corrected chi connectivity index (χ2v) is 6.92. The van der Waals surface area contributed by atoms with E-state index in [1.165, 1.54) is 0 Å². The summed E-state index contributed by atoms with van der Waals surface area (Å²) < 4.78 is 37.2. The molecule has 3 aliphatic heterocycles. The zero-order valence-electron chi connectivity index (χ0n) is 15.6. The minimum absolute atomic E-state index is 0.0918. The molecule has 2 atom stereocenters. The largest absolute Gasteiger partial charge is 0.454 e. The van der Waals surface area contributed by atoms with Crippen LogP contribution in [0.3, 0.4) is 0 Å². The van der Waals surface area contributed by atoms with Crippen molar-refractivity contribution in [3.63, 3.8) is 0 Å². The highest BCUT2D eigenvalue weighted by Crippen LogP contribution is 2.35. The lowest BCUT2D eigenvalue weighted by molar-refractivity contribution is -0.123. The summed E-state index contributed by atoms with van der Waals surface area (Å²) in [7, 11) is 0. The summed E-state index contributed by atoms with van der Waals surface area (Å²) >= 11 is 0. The number of imide groups is 1. The number of anilines is 2. The molecule has 12 heteroatoms. The highest BCUT2D eigenvalue weighted by Gasteiger charge is 2.55. The molecule has 2 aromatic rings. The summed E-state index contributed by atoms with van der Waals surface area (Å²) in [6.07, 6.45) is 0. The van der Waals surface area contributed by atoms with Crippen LogP contribution in [0.2, 0.25) is 0 Å². The summed E-state index contributed by atoms with van der Waals surface area (Å²) in [5.41, 5.74) is 0.322. The van der Waals surface area contributed by atoms with E-state index in [1.807, 2.05) is 0 Å². The molecule has 3 aliphatic rings. The molecule has 10 nitrogen and oxygen atoms in total. The van der Waals surface area contributed by atoms with Gasteiger partial charge in [0.1, 0.15) is 6.54 Å². The SMILES string of the molecule is O=C(CN1N=N[C@H]2C(=O)N(c3ccc(F)c(F)c3)C(=O)[C@H]21)Nc1ccc2c(c1)OCO2. The van der Waals surface area contributed by atoms with Crippen molar-refractivity contribution >= 4 is 29.1 Å². The van der Waals surface area contributed by atoms with E-state index in [2.05, 4.69) is 15.7 Å². The number of hydrogen-bond acceptors (Lipinski definition) is 8. The first-order valence-electron chi connectivity index (χ1n) is 9.12. The molecule has 0 radical (unpaired) electrons. The van der Waals surface area contributed by atoms with Gasteiger partial charge in [-0.2, -0.15) is 5.11 Å². The number of amides is 3. The fourth-order valence-corrected chi connectivity index (χ4v) is 3.55. The first-order chi connectivity index (χ1) is 14.9. The van der Waals surface area contributed by atoms with Gasteiger partial charge in [-0.15, -0.1) is 0 Å². The Morgan fingerprint density at radius 1 is 1.06 bits per heavy atom. The van der Waals surface area contributed by atoms with Gasteiger partial charge in [0.15, 0.2) is 35.2 Å². The molecule has 0 saturated carbocycles. The fourth-order valence-electron chi connectivity index (χ4n) is 3.55. The summed E-state index contributed by atoms with van der Waals surface area (Å²) in [5.74, 6) is -3.24. The Labute approximate surface area is 173 Å². The maximum absolute atomic E-state index is 13.6. The monoisotopic (exact) mass is 429 g/mol. The van der Waals surface area contributed by atoms with Gasteiger partial charge in [-0.25, -0.2) is 13.7 Å². The molecule has 5 rings (SSSR count). The van der Waals surface area contributed by atoms with Gasteiger partial charge >= 0.3 is 0 Å². The van der Waals surface area contributed by atoms with Gasteiger partial charge in [0.05, 0.1) is 5.69 Å². The predicted octanol–water partition coefficient (Wildman–Crippen LogP) is 1.63. The molecule has 31 heavy (non-hydrogen) atoms. The van der Waals surface area contributed by atoms with Crippen molar-refractivity contribution in [2.75, 3.05) is 23.6 Å². The average Bonchev–Trinajstić information content (AvgIpc) is 3.42. The van der Waals surface area contributed by atoms with Crippen molar-refractivity contribution in [2.45, 2.75) is 12.1 Å². The number of hydrogen-bond donors (Lipinski definition) is 1. The molecule has 1 fully saturated rings. The van der Waals surface area contributed by atoms with Crippen molar-refractivity contribution in [1.29, 1.82) is 0 Å². The highest BCUT2D eigenvalue weighted by atomic mass is 19.2. The molecule has 0 aromatic heterocycles. The van der Waals surface area contributed by atoms with E-state index < -0.39 is 41.4 Å². The van der Waals surface area contributed by atoms with Gasteiger partial charge in [0.2, 0.25) is 12.7 Å². The highest BCUT2D eigenvalue weighted by molar-refractivity contribution is 6.25. The van der Waals surface area contributed by atoms with Gasteiger partial charge in [0.25, 0.3) is 11.8 Å². The first kappa shape index (κ1) is 18.9. The Bertz CT molecular complexity index is 1160. The van der Waals surface area contributed by atoms with Gasteiger partial charge in [0, 0.05) is 17.8 Å². The standard InChI is InChI=1S/C19H13F2N5O5/c20-11-3-2-10(6-12(11)21)26-18(28)16-17(19(26)29)25(24-23-16)7-15(27)22-9-1-4-13-14(5-9)31-8-30-13/h1-6,16-17H,7-8H2,(H,22,27)/t16-,17+/m1/s1. The van der Waals surface area contributed by atoms with E-state index in [9.17, 15) is 23.2 Å². The molecule has 2 aromatic carbocycles. The van der Waals surface area contributed by atoms with Crippen LogP contribution in [0, 0.1) is 11.6 Å². The second-order valence-electron chi connectivity index (χ2n) is 6.92. The van der Waals surface area contributed by atoms with E-state index in [-0.39, 0.29) is 19.0 Å². The summed E-state index contributed by atoms with van der Waals surface area (Å²) in [6, 6.07) is 5.21. The van der Waals surface area contributed by atoms with Crippen LogP contribution in [-0.2, 0) is 14.4 Å². The quantitative estimate of drug-likeness (QED) is 0.740. The summed E-state index contributed by atoms with van der Waals surface area (Å²) in [6.45, 7) is -0.266. The zero-order chi connectivity index (χ0) is 21.7. The number of fused-ring (bicyclic) bond motifs is 2. The molecule has 1 N–H and O–H groups in total. The maximum atomic E-state index is 13.6. The van der Waals surface area contributed by atoms with Crippen LogP contribution in [0.1, 0.15) is 0 Å². The van der Waals surface area contributed by atoms with Crippen LogP contribution in [0.4, 0.5) is 20.2 Å². The number of benzene rings is 2. The van der Waals surface area contributed by atoms with Gasteiger partial charge in [-0.1, -0.05) is 5.22 Å². The number of carbonyl (C=O) groups is 3. The molecular formula is C19H13F2N5O5. The molecule has 158 valence electrons. The van der Waals surface area contributed by atoms with E-state index in [0.717, 1.165) is 28.1 Å². The van der Waals surface area contributed by atoms with Crippen molar-refractivity contribution < 1.29 is 32.6 Å². The van der Waals surface area contributed by atoms with Crippen molar-refractivity contribution in [1.82, 2.24) is 5.01 Å². The Morgan fingerprint density at radius 2 is 1.87 bits per heavy atom. The van der Waals surface area contributed by atoms with Crippen LogP contribution in [0.15, 0.2) is 46.7 Å². The minimum atomic E-state index is -1.20. The Kier molecular flexibility index (Phi) is 4.27.